The van der Waals surface area contributed by atoms with Gasteiger partial charge in [-0.05, 0) is 0 Å². The number of aliphatic imine (C=N–C) groups is 1. The first-order chi connectivity index (χ1) is 7.13. The standard InChI is InChI=1S/C10H11NO3S/c1-5(12)8-9-6(4-11-8)3-7(15-9)10(13)14-2/h3,6,9H,4H2,1-2H3. The molecule has 80 valence electrons. The maximum atomic E-state index is 11.3. The van der Waals surface area contributed by atoms with Crippen LogP contribution >= 0.6 is 11.8 Å². The zero-order valence-electron chi connectivity index (χ0n) is 8.52. The van der Waals surface area contributed by atoms with Crippen molar-refractivity contribution in [2.45, 2.75) is 12.2 Å². The molecule has 2 unspecified atom stereocenters. The van der Waals surface area contributed by atoms with Crippen LogP contribution in [0.15, 0.2) is 16.0 Å². The smallest absolute Gasteiger partial charge is 0.344 e. The predicted octanol–water partition coefficient (Wildman–Crippen LogP) is 0.818. The van der Waals surface area contributed by atoms with Crippen molar-refractivity contribution in [2.24, 2.45) is 10.9 Å². The number of hydrogen-bond acceptors (Lipinski definition) is 5. The Morgan fingerprint density at radius 1 is 1.60 bits per heavy atom. The van der Waals surface area contributed by atoms with E-state index in [2.05, 4.69) is 9.73 Å². The molecule has 2 rings (SSSR count). The van der Waals surface area contributed by atoms with Gasteiger partial charge in [0.15, 0.2) is 5.78 Å². The second-order valence-electron chi connectivity index (χ2n) is 3.51. The third-order valence-electron chi connectivity index (χ3n) is 2.50. The summed E-state index contributed by atoms with van der Waals surface area (Å²) in [5.74, 6) is -0.144. The van der Waals surface area contributed by atoms with Gasteiger partial charge in [-0.2, -0.15) is 0 Å². The largest absolute Gasteiger partial charge is 0.465 e. The monoisotopic (exact) mass is 225 g/mol. The highest BCUT2D eigenvalue weighted by Gasteiger charge is 2.40. The Balaban J connectivity index is 2.13. The van der Waals surface area contributed by atoms with Crippen LogP contribution in [0.25, 0.3) is 0 Å². The van der Waals surface area contributed by atoms with Crippen LogP contribution in [-0.2, 0) is 14.3 Å². The summed E-state index contributed by atoms with van der Waals surface area (Å²) >= 11 is 1.39. The topological polar surface area (TPSA) is 55.7 Å². The molecule has 15 heavy (non-hydrogen) atoms. The van der Waals surface area contributed by atoms with Gasteiger partial charge in [0.2, 0.25) is 0 Å². The molecule has 0 radical (unpaired) electrons. The Hall–Kier alpha value is -1.10. The number of methoxy groups -OCH3 is 1. The average Bonchev–Trinajstić information content (AvgIpc) is 2.73. The number of carbonyl (C=O) groups is 2. The highest BCUT2D eigenvalue weighted by atomic mass is 32.2. The molecule has 0 bridgehead atoms. The van der Waals surface area contributed by atoms with E-state index in [9.17, 15) is 9.59 Å². The van der Waals surface area contributed by atoms with E-state index >= 15 is 0 Å². The molecule has 2 aliphatic rings. The number of hydrogen-bond donors (Lipinski definition) is 0. The molecule has 0 aromatic rings. The molecule has 0 fully saturated rings. The minimum Gasteiger partial charge on any atom is -0.465 e. The van der Waals surface area contributed by atoms with Gasteiger partial charge in [0.25, 0.3) is 0 Å². The summed E-state index contributed by atoms with van der Waals surface area (Å²) in [5, 5.41) is 0.0246. The Kier molecular flexibility index (Phi) is 2.65. The number of carbonyl (C=O) groups excluding carboxylic acids is 2. The normalized spacial score (nSPS) is 28.1. The molecular weight excluding hydrogens is 214 g/mol. The summed E-state index contributed by atoms with van der Waals surface area (Å²) in [4.78, 5) is 27.3. The maximum Gasteiger partial charge on any atom is 0.344 e. The zero-order valence-corrected chi connectivity index (χ0v) is 9.34. The number of ketones is 1. The van der Waals surface area contributed by atoms with E-state index in [1.807, 2.05) is 6.08 Å². The molecule has 5 heteroatoms. The lowest BCUT2D eigenvalue weighted by Crippen LogP contribution is -2.23. The van der Waals surface area contributed by atoms with Gasteiger partial charge in [-0.15, -0.1) is 11.8 Å². The van der Waals surface area contributed by atoms with Crippen LogP contribution in [0.5, 0.6) is 0 Å². The Morgan fingerprint density at radius 2 is 2.33 bits per heavy atom. The fourth-order valence-corrected chi connectivity index (χ4v) is 3.17. The van der Waals surface area contributed by atoms with Crippen molar-refractivity contribution < 1.29 is 14.3 Å². The van der Waals surface area contributed by atoms with E-state index in [0.717, 1.165) is 0 Å². The molecule has 0 aliphatic carbocycles. The van der Waals surface area contributed by atoms with Crippen LogP contribution in [-0.4, -0.2) is 36.4 Å². The first-order valence-electron chi connectivity index (χ1n) is 4.65. The van der Waals surface area contributed by atoms with E-state index in [4.69, 9.17) is 0 Å². The number of rotatable bonds is 2. The van der Waals surface area contributed by atoms with Crippen LogP contribution < -0.4 is 0 Å². The quantitative estimate of drug-likeness (QED) is 0.653. The highest BCUT2D eigenvalue weighted by Crippen LogP contribution is 2.41. The summed E-state index contributed by atoms with van der Waals surface area (Å²) in [6.45, 7) is 2.12. The molecule has 0 N–H and O–H groups in total. The first-order valence-corrected chi connectivity index (χ1v) is 5.53. The molecule has 0 saturated carbocycles. The van der Waals surface area contributed by atoms with Crippen molar-refractivity contribution in [3.8, 4) is 0 Å². The van der Waals surface area contributed by atoms with Crippen molar-refractivity contribution in [3.63, 3.8) is 0 Å². The van der Waals surface area contributed by atoms with E-state index < -0.39 is 0 Å². The van der Waals surface area contributed by atoms with Crippen molar-refractivity contribution in [3.05, 3.63) is 11.0 Å². The van der Waals surface area contributed by atoms with Crippen LogP contribution in [0.1, 0.15) is 6.92 Å². The minimum absolute atomic E-state index is 0.00508. The van der Waals surface area contributed by atoms with Gasteiger partial charge in [0.05, 0.1) is 23.0 Å². The molecule has 2 aliphatic heterocycles. The van der Waals surface area contributed by atoms with E-state index in [-0.39, 0.29) is 22.9 Å². The number of Topliss-reactive ketones (excluding diaryl/α,β-unsaturated/α-hetero) is 1. The van der Waals surface area contributed by atoms with Gasteiger partial charge in [-0.3, -0.25) is 9.79 Å². The van der Waals surface area contributed by atoms with Gasteiger partial charge >= 0.3 is 5.97 Å². The van der Waals surface area contributed by atoms with Gasteiger partial charge < -0.3 is 4.74 Å². The number of fused-ring (bicyclic) bond motifs is 1. The SMILES string of the molecule is COC(=O)C1=CC2CN=C(C(C)=O)C2S1. The van der Waals surface area contributed by atoms with Crippen molar-refractivity contribution in [1.82, 2.24) is 0 Å². The van der Waals surface area contributed by atoms with Gasteiger partial charge in [-0.25, -0.2) is 4.79 Å². The molecule has 0 spiro atoms. The van der Waals surface area contributed by atoms with E-state index in [0.29, 0.717) is 17.2 Å². The molecule has 0 aromatic carbocycles. The third-order valence-corrected chi connectivity index (χ3v) is 3.88. The molecule has 0 amide bonds. The van der Waals surface area contributed by atoms with Crippen molar-refractivity contribution in [1.29, 1.82) is 0 Å². The van der Waals surface area contributed by atoms with Gasteiger partial charge in [0.1, 0.15) is 0 Å². The highest BCUT2D eigenvalue weighted by molar-refractivity contribution is 8.05. The Morgan fingerprint density at radius 3 is 2.93 bits per heavy atom. The second kappa shape index (κ2) is 3.81. The molecule has 4 nitrogen and oxygen atoms in total. The summed E-state index contributed by atoms with van der Waals surface area (Å²) < 4.78 is 4.64. The van der Waals surface area contributed by atoms with Crippen LogP contribution in [0.4, 0.5) is 0 Å². The third kappa shape index (κ3) is 1.71. The van der Waals surface area contributed by atoms with Crippen LogP contribution in [0.2, 0.25) is 0 Å². The Bertz CT molecular complexity index is 386. The van der Waals surface area contributed by atoms with E-state index in [1.54, 1.807) is 0 Å². The first kappa shape index (κ1) is 10.4. The lowest BCUT2D eigenvalue weighted by atomic mass is 10.0. The molecule has 0 aromatic heterocycles. The molecule has 2 atom stereocenters. The zero-order chi connectivity index (χ0) is 11.0. The fourth-order valence-electron chi connectivity index (χ4n) is 1.77. The number of ether oxygens (including phenoxy) is 1. The molecule has 2 heterocycles. The number of nitrogens with zero attached hydrogens (tertiary/aromatic N) is 1. The van der Waals surface area contributed by atoms with Crippen LogP contribution in [0, 0.1) is 5.92 Å². The van der Waals surface area contributed by atoms with Gasteiger partial charge in [0, 0.05) is 19.4 Å². The van der Waals surface area contributed by atoms with Crippen molar-refractivity contribution >= 4 is 29.2 Å². The second-order valence-corrected chi connectivity index (χ2v) is 4.69. The Labute approximate surface area is 91.8 Å². The summed E-state index contributed by atoms with van der Waals surface area (Å²) in [6, 6.07) is 0. The maximum absolute atomic E-state index is 11.3. The molecule has 0 saturated heterocycles. The lowest BCUT2D eigenvalue weighted by molar-refractivity contribution is -0.135. The summed E-state index contributed by atoms with van der Waals surface area (Å²) in [5.41, 5.74) is 0.597. The average molecular weight is 225 g/mol. The molecular formula is C10H11NO3S. The minimum atomic E-state index is -0.322. The van der Waals surface area contributed by atoms with Crippen molar-refractivity contribution in [2.75, 3.05) is 13.7 Å². The lowest BCUT2D eigenvalue weighted by Gasteiger charge is -2.08. The number of esters is 1. The predicted molar refractivity (Wildman–Crippen MR) is 58.0 cm³/mol. The van der Waals surface area contributed by atoms with Gasteiger partial charge in [-0.1, -0.05) is 6.08 Å². The number of thioether (sulfide) groups is 1. The van der Waals surface area contributed by atoms with E-state index in [1.165, 1.54) is 25.8 Å². The summed E-state index contributed by atoms with van der Waals surface area (Å²) in [6.07, 6.45) is 1.86. The van der Waals surface area contributed by atoms with Crippen LogP contribution in [0.3, 0.4) is 0 Å². The summed E-state index contributed by atoms with van der Waals surface area (Å²) in [7, 11) is 1.36. The fraction of sp³-hybridized carbons (Fsp3) is 0.500.